The summed E-state index contributed by atoms with van der Waals surface area (Å²) in [4.78, 5) is 14.9. The Morgan fingerprint density at radius 1 is 0.561 bits per heavy atom. The van der Waals surface area contributed by atoms with Crippen molar-refractivity contribution in [3.63, 3.8) is 0 Å². The molecule has 17 rings (SSSR count). The minimum absolute atomic E-state index is 0.0141. The summed E-state index contributed by atoms with van der Waals surface area (Å²) >= 11 is 0. The zero-order valence-corrected chi connectivity index (χ0v) is 48.5. The molecule has 0 radical (unpaired) electrons. The lowest BCUT2D eigenvalue weighted by molar-refractivity contribution is -0.370. The number of fused-ring (bicyclic) bond motifs is 11. The third-order valence-electron chi connectivity index (χ3n) is 23.9. The van der Waals surface area contributed by atoms with Crippen molar-refractivity contribution in [3.05, 3.63) is 24.3 Å². The number of carbonyl (C=O) groups is 1. The number of rotatable bonds is 2. The molecule has 1 unspecified atom stereocenters. The van der Waals surface area contributed by atoms with Crippen LogP contribution in [0.3, 0.4) is 0 Å². The lowest BCUT2D eigenvalue weighted by Gasteiger charge is -2.54. The first-order chi connectivity index (χ1) is 39.4. The third kappa shape index (κ3) is 8.86. The van der Waals surface area contributed by atoms with Gasteiger partial charge in [0.15, 0.2) is 17.4 Å². The number of aliphatic hydroxyl groups excluding tert-OH is 3. The second-order valence-electron chi connectivity index (χ2n) is 29.2. The summed E-state index contributed by atoms with van der Waals surface area (Å²) in [6.45, 7) is 20.0. The number of hydrogen-bond donors (Lipinski definition) is 3. The topological polar surface area (TPSA) is 216 Å². The Morgan fingerprint density at radius 3 is 2.12 bits per heavy atom. The largest absolute Gasteiger partial charge is 0.394 e. The van der Waals surface area contributed by atoms with Crippen molar-refractivity contribution in [2.75, 3.05) is 13.2 Å². The van der Waals surface area contributed by atoms with Gasteiger partial charge in [-0.15, -0.1) is 0 Å². The zero-order chi connectivity index (χ0) is 56.1. The van der Waals surface area contributed by atoms with Crippen molar-refractivity contribution < 1.29 is 91.2 Å². The van der Waals surface area contributed by atoms with Gasteiger partial charge in [0.2, 0.25) is 0 Å². The van der Waals surface area contributed by atoms with E-state index in [0.29, 0.717) is 83.7 Å². The Bertz CT molecular complexity index is 2500. The number of hydrogen-bond acceptors (Lipinski definition) is 19. The summed E-state index contributed by atoms with van der Waals surface area (Å²) < 4.78 is 104. The quantitative estimate of drug-likeness (QED) is 0.303. The molecule has 0 saturated carbocycles. The molecule has 19 nitrogen and oxygen atoms in total. The number of ether oxygens (including phenoxy) is 15. The van der Waals surface area contributed by atoms with Crippen molar-refractivity contribution in [1.82, 2.24) is 0 Å². The molecule has 17 fully saturated rings. The summed E-state index contributed by atoms with van der Waals surface area (Å²) in [5.74, 6) is -2.89. The molecule has 0 aromatic rings. The Balaban J connectivity index is 0.633. The minimum atomic E-state index is -1.33. The fraction of sp³-hybridized carbons (Fsp3) is 0.921. The van der Waals surface area contributed by atoms with Crippen LogP contribution in [0.5, 0.6) is 0 Å². The highest BCUT2D eigenvalue weighted by molar-refractivity contribution is 5.79. The second kappa shape index (κ2) is 20.2. The van der Waals surface area contributed by atoms with Crippen molar-refractivity contribution in [1.29, 1.82) is 0 Å². The van der Waals surface area contributed by atoms with Crippen LogP contribution in [0.2, 0.25) is 0 Å². The van der Waals surface area contributed by atoms with E-state index < -0.39 is 65.7 Å². The predicted octanol–water partition coefficient (Wildman–Crippen LogP) is 5.21. The van der Waals surface area contributed by atoms with Crippen LogP contribution >= 0.6 is 0 Å². The highest BCUT2D eigenvalue weighted by Crippen LogP contribution is 2.60. The van der Waals surface area contributed by atoms with Crippen LogP contribution in [-0.2, 0) is 75.8 Å². The molecule has 0 amide bonds. The van der Waals surface area contributed by atoms with E-state index >= 15 is 0 Å². The maximum atomic E-state index is 14.9. The van der Waals surface area contributed by atoms with Gasteiger partial charge in [-0.25, -0.2) is 0 Å². The van der Waals surface area contributed by atoms with Crippen LogP contribution in [0.15, 0.2) is 24.3 Å². The van der Waals surface area contributed by atoms with Gasteiger partial charge in [-0.05, 0) is 92.6 Å². The molecule has 0 aromatic carbocycles. The van der Waals surface area contributed by atoms with E-state index in [-0.39, 0.29) is 158 Å². The first-order valence-electron chi connectivity index (χ1n) is 32.2. The van der Waals surface area contributed by atoms with Gasteiger partial charge in [0.1, 0.15) is 48.0 Å². The molecule has 17 aliphatic heterocycles. The molecule has 0 aliphatic carbocycles. The van der Waals surface area contributed by atoms with Gasteiger partial charge < -0.3 is 86.4 Å². The van der Waals surface area contributed by atoms with E-state index in [1.165, 1.54) is 0 Å². The maximum Gasteiger partial charge on any atom is 0.198 e. The lowest BCUT2D eigenvalue weighted by atomic mass is 9.72. The number of aliphatic hydroxyl groups is 3. The van der Waals surface area contributed by atoms with Crippen molar-refractivity contribution >= 4 is 5.78 Å². The van der Waals surface area contributed by atoms with Gasteiger partial charge in [0.05, 0.1) is 123 Å². The van der Waals surface area contributed by atoms with E-state index in [0.717, 1.165) is 36.8 Å². The van der Waals surface area contributed by atoms with E-state index in [2.05, 4.69) is 40.9 Å². The predicted molar refractivity (Wildman–Crippen MR) is 286 cm³/mol. The Kier molecular flexibility index (Phi) is 13.7. The summed E-state index contributed by atoms with van der Waals surface area (Å²) in [5, 5.41) is 32.4. The molecule has 12 bridgehead atoms. The molecular weight excluding hydrogens is 1060 g/mol. The van der Waals surface area contributed by atoms with Crippen LogP contribution in [-0.4, -0.2) is 204 Å². The molecule has 17 heterocycles. The lowest BCUT2D eigenvalue weighted by Crippen LogP contribution is -2.62. The third-order valence-corrected chi connectivity index (χ3v) is 23.9. The average molecular weight is 1150 g/mol. The summed E-state index contributed by atoms with van der Waals surface area (Å²) in [6.07, 6.45) is 2.30. The smallest absolute Gasteiger partial charge is 0.198 e. The van der Waals surface area contributed by atoms with E-state index in [9.17, 15) is 20.1 Å². The molecule has 3 spiro atoms. The summed E-state index contributed by atoms with van der Waals surface area (Å²) in [7, 11) is 0. The van der Waals surface area contributed by atoms with Gasteiger partial charge in [0, 0.05) is 70.1 Å². The molecule has 82 heavy (non-hydrogen) atoms. The van der Waals surface area contributed by atoms with E-state index in [1.54, 1.807) is 0 Å². The van der Waals surface area contributed by atoms with Crippen LogP contribution in [0.1, 0.15) is 144 Å². The van der Waals surface area contributed by atoms with Crippen LogP contribution in [0, 0.1) is 35.5 Å². The monoisotopic (exact) mass is 1150 g/mol. The molecular formula is C63H90O19. The van der Waals surface area contributed by atoms with Gasteiger partial charge in [0.25, 0.3) is 0 Å². The summed E-state index contributed by atoms with van der Waals surface area (Å²) in [6, 6.07) is 0. The molecule has 19 heteroatoms. The molecule has 17 aliphatic rings. The minimum Gasteiger partial charge on any atom is -0.394 e. The van der Waals surface area contributed by atoms with Crippen molar-refractivity contribution in [3.8, 4) is 0 Å². The molecule has 3 N–H and O–H groups in total. The van der Waals surface area contributed by atoms with Crippen molar-refractivity contribution in [2.45, 2.75) is 313 Å². The molecule has 34 atom stereocenters. The van der Waals surface area contributed by atoms with Gasteiger partial charge in [-0.2, -0.15) is 0 Å². The van der Waals surface area contributed by atoms with Crippen LogP contribution < -0.4 is 0 Å². The van der Waals surface area contributed by atoms with Gasteiger partial charge in [-0.1, -0.05) is 40.9 Å². The van der Waals surface area contributed by atoms with Crippen LogP contribution in [0.25, 0.3) is 0 Å². The first-order valence-corrected chi connectivity index (χ1v) is 32.2. The Labute approximate surface area is 481 Å². The normalized spacial score (nSPS) is 59.7. The highest BCUT2D eigenvalue weighted by Gasteiger charge is 2.77. The van der Waals surface area contributed by atoms with Gasteiger partial charge >= 0.3 is 0 Å². The summed E-state index contributed by atoms with van der Waals surface area (Å²) in [5.41, 5.74) is 1.14. The molecule has 0 aromatic heterocycles. The van der Waals surface area contributed by atoms with Crippen LogP contribution in [0.4, 0.5) is 0 Å². The fourth-order valence-corrected chi connectivity index (χ4v) is 19.8. The Hall–Kier alpha value is -1.57. The zero-order valence-electron chi connectivity index (χ0n) is 48.5. The number of Topliss-reactive ketones (excluding diaryl/α,β-unsaturated/α-hetero) is 1. The standard InChI is InChI=1S/C63H90O19/c1-27-14-34-8-10-40-28(2)15-36(69-40)12-13-63-59(67)60(7)58(82-63)57-56(79-60)55(81-63)54-41(73-57)11-9-35(71-54)16-33(65)17-37-32(6)52-46(72-43(37)18-42(70-34)31(27)5)19-44-48(74-52)23-62(76-44)24-49-51(80-62)30(4)22-61(78-49)21-29(3)50-47(77-61)20-45-53(75-50)38(26-68-45)39(66)25-64/h27,29-30,32,34-59,64,66-67H,2,5,8-26H2,1,3-4,6-7H3/t27-,29+,30+,32-,34+,35-,36+,37-,38-,39+,40+,41+,42-,43+,44-,45-,46+,47+,48-,49+,50+,51+,52+,53-,54+,55+,56+,57-,58?,59-,60-,61-,62+,63-/m1/s1. The first kappa shape index (κ1) is 55.7. The SMILES string of the molecule is C=C1C[C@@H]2CC[C@]34OC5[C@@H]6O[C@H]7CC[C@H](CC(=O)C[C@@H]8[C@@H](C)[C@@H]9O[C@@H]%10C[C@]%11(C[C@@H]%12O[C@]%13(C[C@H](C)[C@@H]%14O[C@@H]%15[C@@H]([C@@H](O)CO)CO[C@@H]%15C[C@@H]%14O%13)C[C@H](C)[C@@H]%12O%11)O[C@@H]%10C[C@@H]9O[C@H]8C[C@H]8O[C@@H](CC[C@@H]1O2)C[C@@H](C)C8=C)O[C@@H]7[C@H](O3)[C@@H]6O[C@@]5(C)[C@H]4O. The van der Waals surface area contributed by atoms with E-state index in [1.807, 2.05) is 6.92 Å². The highest BCUT2D eigenvalue weighted by atomic mass is 16.8. The van der Waals surface area contributed by atoms with E-state index in [4.69, 9.17) is 71.1 Å². The molecule has 17 saturated heterocycles. The number of ketones is 1. The molecule has 456 valence electrons. The van der Waals surface area contributed by atoms with Gasteiger partial charge in [-0.3, -0.25) is 4.79 Å². The average Bonchev–Trinajstić information content (AvgIpc) is 4.37. The Morgan fingerprint density at radius 2 is 1.28 bits per heavy atom. The maximum absolute atomic E-state index is 14.9. The van der Waals surface area contributed by atoms with Crippen molar-refractivity contribution in [2.24, 2.45) is 35.5 Å². The number of carbonyl (C=O) groups excluding carboxylic acids is 1. The fourth-order valence-electron chi connectivity index (χ4n) is 19.8. The second-order valence-corrected chi connectivity index (χ2v) is 29.2.